The molecule has 1 saturated heterocycles. The third kappa shape index (κ3) is 3.27. The van der Waals surface area contributed by atoms with Crippen LogP contribution in [-0.4, -0.2) is 48.5 Å². The number of carbonyl (C=O) groups excluding carboxylic acids is 1. The Morgan fingerprint density at radius 3 is 2.85 bits per heavy atom. The third-order valence-electron chi connectivity index (χ3n) is 1.81. The first-order chi connectivity index (χ1) is 6.24. The molecule has 6 heteroatoms. The number of amides is 1. The van der Waals surface area contributed by atoms with Gasteiger partial charge in [0, 0.05) is 13.1 Å². The van der Waals surface area contributed by atoms with E-state index in [1.54, 1.807) is 0 Å². The Hall–Kier alpha value is -0.690. The molecule has 13 heavy (non-hydrogen) atoms. The number of aliphatic hydroxyl groups excluding tert-OH is 2. The third-order valence-corrected chi connectivity index (χ3v) is 1.81. The largest absolute Gasteiger partial charge is 0.394 e. The summed E-state index contributed by atoms with van der Waals surface area (Å²) in [6, 6.07) is 0. The number of hydrogen-bond donors (Lipinski definition) is 4. The van der Waals surface area contributed by atoms with E-state index >= 15 is 0 Å². The van der Waals surface area contributed by atoms with Gasteiger partial charge in [-0.2, -0.15) is 0 Å². The van der Waals surface area contributed by atoms with Crippen LogP contribution >= 0.6 is 0 Å². The van der Waals surface area contributed by atoms with E-state index in [1.807, 2.05) is 0 Å². The van der Waals surface area contributed by atoms with Gasteiger partial charge >= 0.3 is 0 Å². The maximum absolute atomic E-state index is 11.1. The van der Waals surface area contributed by atoms with Gasteiger partial charge in [0.25, 0.3) is 0 Å². The molecule has 4 N–H and O–H groups in total. The number of rotatable bonds is 5. The van der Waals surface area contributed by atoms with Crippen LogP contribution in [0.25, 0.3) is 0 Å². The molecule has 1 rings (SSSR count). The molecular formula is C7H14N2O4. The summed E-state index contributed by atoms with van der Waals surface area (Å²) in [5.41, 5.74) is 2.20. The Labute approximate surface area is 75.8 Å². The molecule has 1 amide bonds. The van der Waals surface area contributed by atoms with Crippen LogP contribution in [0.4, 0.5) is 0 Å². The molecule has 0 bridgehead atoms. The molecule has 0 aromatic heterocycles. The summed E-state index contributed by atoms with van der Waals surface area (Å²) in [6.07, 6.45) is -0.945. The molecule has 0 aromatic carbocycles. The molecule has 0 spiro atoms. The highest BCUT2D eigenvalue weighted by molar-refractivity contribution is 5.78. The fourth-order valence-electron chi connectivity index (χ4n) is 0.819. The SMILES string of the molecule is O=C(NOCC(O)CO)C1CNC1. The summed E-state index contributed by atoms with van der Waals surface area (Å²) < 4.78 is 0. The van der Waals surface area contributed by atoms with Crippen LogP contribution in [0.2, 0.25) is 0 Å². The molecule has 1 heterocycles. The van der Waals surface area contributed by atoms with Crippen LogP contribution in [0.15, 0.2) is 0 Å². The first-order valence-electron chi connectivity index (χ1n) is 4.15. The van der Waals surface area contributed by atoms with Crippen molar-refractivity contribution in [3.05, 3.63) is 0 Å². The minimum Gasteiger partial charge on any atom is -0.394 e. The van der Waals surface area contributed by atoms with Crippen LogP contribution in [0, 0.1) is 5.92 Å². The van der Waals surface area contributed by atoms with E-state index in [-0.39, 0.29) is 25.0 Å². The van der Waals surface area contributed by atoms with Crippen molar-refractivity contribution in [1.82, 2.24) is 10.8 Å². The smallest absolute Gasteiger partial charge is 0.249 e. The standard InChI is InChI=1S/C7H14N2O4/c10-3-6(11)4-13-9-7(12)5-1-8-2-5/h5-6,8,10-11H,1-4H2,(H,9,12). The predicted molar refractivity (Wildman–Crippen MR) is 43.5 cm³/mol. The van der Waals surface area contributed by atoms with Gasteiger partial charge in [-0.1, -0.05) is 0 Å². The van der Waals surface area contributed by atoms with E-state index in [0.29, 0.717) is 13.1 Å². The molecule has 1 aliphatic rings. The first kappa shape index (κ1) is 10.4. The lowest BCUT2D eigenvalue weighted by atomic mass is 10.0. The van der Waals surface area contributed by atoms with E-state index in [4.69, 9.17) is 10.2 Å². The number of carbonyl (C=O) groups is 1. The van der Waals surface area contributed by atoms with E-state index < -0.39 is 6.10 Å². The number of hydrogen-bond acceptors (Lipinski definition) is 5. The second-order valence-corrected chi connectivity index (χ2v) is 2.97. The Morgan fingerprint density at radius 1 is 1.69 bits per heavy atom. The van der Waals surface area contributed by atoms with Crippen LogP contribution in [0.5, 0.6) is 0 Å². The molecule has 1 atom stereocenters. The summed E-state index contributed by atoms with van der Waals surface area (Å²) in [5.74, 6) is -0.227. The number of aliphatic hydroxyl groups is 2. The summed E-state index contributed by atoms with van der Waals surface area (Å²) in [6.45, 7) is 0.860. The van der Waals surface area contributed by atoms with Gasteiger partial charge in [-0.3, -0.25) is 9.63 Å². The number of hydroxylamine groups is 1. The van der Waals surface area contributed by atoms with Gasteiger partial charge in [0.1, 0.15) is 12.7 Å². The maximum Gasteiger partial charge on any atom is 0.249 e. The van der Waals surface area contributed by atoms with Gasteiger partial charge < -0.3 is 15.5 Å². The molecule has 0 aromatic rings. The zero-order valence-corrected chi connectivity index (χ0v) is 7.19. The van der Waals surface area contributed by atoms with Crippen LogP contribution in [-0.2, 0) is 9.63 Å². The van der Waals surface area contributed by atoms with E-state index in [1.165, 1.54) is 0 Å². The van der Waals surface area contributed by atoms with Crippen molar-refractivity contribution in [2.45, 2.75) is 6.10 Å². The van der Waals surface area contributed by atoms with E-state index in [2.05, 4.69) is 15.6 Å². The van der Waals surface area contributed by atoms with E-state index in [0.717, 1.165) is 0 Å². The molecular weight excluding hydrogens is 176 g/mol. The topological polar surface area (TPSA) is 90.8 Å². The Balaban J connectivity index is 2.01. The molecule has 1 fully saturated rings. The van der Waals surface area contributed by atoms with Gasteiger partial charge in [0.15, 0.2) is 0 Å². The minimum absolute atomic E-state index is 0.0359. The normalized spacial score (nSPS) is 19.2. The maximum atomic E-state index is 11.1. The fourth-order valence-corrected chi connectivity index (χ4v) is 0.819. The van der Waals surface area contributed by atoms with Crippen molar-refractivity contribution in [1.29, 1.82) is 0 Å². The predicted octanol–water partition coefficient (Wildman–Crippen LogP) is -2.39. The van der Waals surface area contributed by atoms with Crippen LogP contribution in [0.3, 0.4) is 0 Å². The van der Waals surface area contributed by atoms with Crippen molar-refractivity contribution in [3.8, 4) is 0 Å². The average molecular weight is 190 g/mol. The van der Waals surface area contributed by atoms with Gasteiger partial charge in [0.05, 0.1) is 12.5 Å². The Kier molecular flexibility index (Phi) is 4.10. The monoisotopic (exact) mass is 190 g/mol. The lowest BCUT2D eigenvalue weighted by Crippen LogP contribution is -2.51. The van der Waals surface area contributed by atoms with E-state index in [9.17, 15) is 4.79 Å². The molecule has 0 aliphatic carbocycles. The highest BCUT2D eigenvalue weighted by Crippen LogP contribution is 2.01. The average Bonchev–Trinajstić information content (AvgIpc) is 2.01. The number of nitrogens with one attached hydrogen (secondary N) is 2. The van der Waals surface area contributed by atoms with Crippen molar-refractivity contribution >= 4 is 5.91 Å². The Morgan fingerprint density at radius 2 is 2.38 bits per heavy atom. The quantitative estimate of drug-likeness (QED) is 0.363. The highest BCUT2D eigenvalue weighted by atomic mass is 16.7. The summed E-state index contributed by atoms with van der Waals surface area (Å²) >= 11 is 0. The molecule has 6 nitrogen and oxygen atoms in total. The van der Waals surface area contributed by atoms with Gasteiger partial charge in [-0.05, 0) is 0 Å². The first-order valence-corrected chi connectivity index (χ1v) is 4.15. The molecule has 0 saturated carbocycles. The van der Waals surface area contributed by atoms with Crippen molar-refractivity contribution in [2.24, 2.45) is 5.92 Å². The second-order valence-electron chi connectivity index (χ2n) is 2.97. The van der Waals surface area contributed by atoms with Gasteiger partial charge in [-0.15, -0.1) is 0 Å². The minimum atomic E-state index is -0.945. The molecule has 76 valence electrons. The van der Waals surface area contributed by atoms with Gasteiger partial charge in [-0.25, -0.2) is 5.48 Å². The van der Waals surface area contributed by atoms with Gasteiger partial charge in [0.2, 0.25) is 5.91 Å². The van der Waals surface area contributed by atoms with Crippen molar-refractivity contribution in [2.75, 3.05) is 26.3 Å². The van der Waals surface area contributed by atoms with Crippen molar-refractivity contribution < 1.29 is 19.8 Å². The molecule has 0 radical (unpaired) electrons. The zero-order valence-electron chi connectivity index (χ0n) is 7.19. The highest BCUT2D eigenvalue weighted by Gasteiger charge is 2.24. The van der Waals surface area contributed by atoms with Crippen LogP contribution in [0.1, 0.15) is 0 Å². The summed E-state index contributed by atoms with van der Waals surface area (Å²) in [5, 5.41) is 20.2. The molecule has 1 aliphatic heterocycles. The lowest BCUT2D eigenvalue weighted by Gasteiger charge is -2.25. The fraction of sp³-hybridized carbons (Fsp3) is 0.857. The zero-order chi connectivity index (χ0) is 9.68. The molecule has 1 unspecified atom stereocenters. The summed E-state index contributed by atoms with van der Waals surface area (Å²) in [4.78, 5) is 15.7. The summed E-state index contributed by atoms with van der Waals surface area (Å²) in [7, 11) is 0. The Bertz CT molecular complexity index is 172. The van der Waals surface area contributed by atoms with Crippen molar-refractivity contribution in [3.63, 3.8) is 0 Å². The lowest BCUT2D eigenvalue weighted by molar-refractivity contribution is -0.142. The van der Waals surface area contributed by atoms with Crippen LogP contribution < -0.4 is 10.8 Å². The second kappa shape index (κ2) is 5.13.